The number of nitrogens with zero attached hydrogens (tertiary/aromatic N) is 1. The lowest BCUT2D eigenvalue weighted by atomic mass is 10.1. The first-order valence-corrected chi connectivity index (χ1v) is 6.35. The minimum atomic E-state index is -4.36. The number of allylic oxidation sites excluding steroid dienone is 1. The fourth-order valence-corrected chi connectivity index (χ4v) is 2.16. The summed E-state index contributed by atoms with van der Waals surface area (Å²) < 4.78 is 39.8. The van der Waals surface area contributed by atoms with Crippen LogP contribution in [0.25, 0.3) is 6.08 Å². The molecule has 1 aromatic rings. The summed E-state index contributed by atoms with van der Waals surface area (Å²) in [6.45, 7) is 7.07. The van der Waals surface area contributed by atoms with Crippen LogP contribution in [0, 0.1) is 0 Å². The van der Waals surface area contributed by atoms with Gasteiger partial charge >= 0.3 is 6.18 Å². The fraction of sp³-hybridized carbons (Fsp3) is 0.467. The van der Waals surface area contributed by atoms with Gasteiger partial charge in [-0.2, -0.15) is 13.2 Å². The number of halogens is 3. The van der Waals surface area contributed by atoms with Crippen LogP contribution in [0.5, 0.6) is 0 Å². The Morgan fingerprint density at radius 1 is 1.00 bits per heavy atom. The lowest BCUT2D eigenvalue weighted by molar-refractivity contribution is -0.116. The summed E-state index contributed by atoms with van der Waals surface area (Å²) in [5.74, 6) is 0. The van der Waals surface area contributed by atoms with Crippen molar-refractivity contribution in [3.05, 3.63) is 41.6 Å². The van der Waals surface area contributed by atoms with Crippen LogP contribution in [-0.4, -0.2) is 23.2 Å². The van der Waals surface area contributed by atoms with Crippen molar-refractivity contribution in [1.29, 1.82) is 0 Å². The van der Waals surface area contributed by atoms with Crippen LogP contribution in [0.3, 0.4) is 0 Å². The molecule has 0 aliphatic heterocycles. The van der Waals surface area contributed by atoms with E-state index in [9.17, 15) is 13.2 Å². The third-order valence-corrected chi connectivity index (χ3v) is 2.78. The van der Waals surface area contributed by atoms with Gasteiger partial charge in [0, 0.05) is 12.1 Å². The van der Waals surface area contributed by atoms with Gasteiger partial charge < -0.3 is 4.90 Å². The van der Waals surface area contributed by atoms with Gasteiger partial charge in [0.05, 0.1) is 0 Å². The second-order valence-electron chi connectivity index (χ2n) is 5.03. The molecule has 1 rings (SSSR count). The summed E-state index contributed by atoms with van der Waals surface area (Å²) in [4.78, 5) is 1.40. The van der Waals surface area contributed by atoms with Gasteiger partial charge in [-0.05, 0) is 39.3 Å². The van der Waals surface area contributed by atoms with Crippen LogP contribution in [0.1, 0.15) is 33.3 Å². The molecular formula is C15H20F3N. The highest BCUT2D eigenvalue weighted by Crippen LogP contribution is 2.33. The molecule has 0 amide bonds. The first-order chi connectivity index (χ1) is 8.73. The highest BCUT2D eigenvalue weighted by molar-refractivity contribution is 5.53. The average molecular weight is 271 g/mol. The van der Waals surface area contributed by atoms with E-state index in [0.29, 0.717) is 5.56 Å². The van der Waals surface area contributed by atoms with Crippen molar-refractivity contribution in [2.45, 2.75) is 46.0 Å². The maximum absolute atomic E-state index is 13.3. The maximum atomic E-state index is 13.3. The molecule has 0 unspecified atom stereocenters. The predicted molar refractivity (Wildman–Crippen MR) is 72.6 cm³/mol. The summed E-state index contributed by atoms with van der Waals surface area (Å²) in [7, 11) is 0. The van der Waals surface area contributed by atoms with Crippen LogP contribution in [-0.2, 0) is 0 Å². The first-order valence-electron chi connectivity index (χ1n) is 6.35. The predicted octanol–water partition coefficient (Wildman–Crippen LogP) is 4.71. The van der Waals surface area contributed by atoms with Gasteiger partial charge in [-0.3, -0.25) is 0 Å². The molecule has 0 aliphatic carbocycles. The molecule has 0 spiro atoms. The minimum absolute atomic E-state index is 0.211. The van der Waals surface area contributed by atoms with Gasteiger partial charge in [-0.25, -0.2) is 0 Å². The van der Waals surface area contributed by atoms with Gasteiger partial charge in [0.2, 0.25) is 0 Å². The number of rotatable bonds is 4. The Balaban J connectivity index is 3.26. The molecule has 0 aromatic heterocycles. The maximum Gasteiger partial charge on any atom is 0.431 e. The van der Waals surface area contributed by atoms with E-state index in [1.165, 1.54) is 11.0 Å². The van der Waals surface area contributed by atoms with Crippen molar-refractivity contribution in [2.24, 2.45) is 0 Å². The third-order valence-electron chi connectivity index (χ3n) is 2.78. The zero-order valence-electron chi connectivity index (χ0n) is 11.7. The van der Waals surface area contributed by atoms with Crippen LogP contribution in [0.4, 0.5) is 13.2 Å². The average Bonchev–Trinajstić information content (AvgIpc) is 2.27. The molecule has 0 fully saturated rings. The van der Waals surface area contributed by atoms with E-state index >= 15 is 0 Å². The second-order valence-corrected chi connectivity index (χ2v) is 5.03. The van der Waals surface area contributed by atoms with Crippen LogP contribution >= 0.6 is 0 Å². The summed E-state index contributed by atoms with van der Waals surface area (Å²) in [6, 6.07) is 8.17. The van der Waals surface area contributed by atoms with Gasteiger partial charge in [0.1, 0.15) is 5.70 Å². The van der Waals surface area contributed by atoms with Crippen LogP contribution in [0.2, 0.25) is 0 Å². The molecule has 0 bridgehead atoms. The largest absolute Gasteiger partial charge is 0.431 e. The van der Waals surface area contributed by atoms with Crippen molar-refractivity contribution >= 4 is 6.08 Å². The first kappa shape index (κ1) is 15.6. The lowest BCUT2D eigenvalue weighted by Gasteiger charge is -2.36. The van der Waals surface area contributed by atoms with E-state index in [-0.39, 0.29) is 12.1 Å². The molecule has 0 heterocycles. The summed E-state index contributed by atoms with van der Waals surface area (Å²) in [5, 5.41) is 0. The zero-order valence-corrected chi connectivity index (χ0v) is 11.7. The van der Waals surface area contributed by atoms with Gasteiger partial charge in [-0.15, -0.1) is 0 Å². The quantitative estimate of drug-likeness (QED) is 0.766. The molecule has 4 heteroatoms. The zero-order chi connectivity index (χ0) is 14.6. The Labute approximate surface area is 112 Å². The topological polar surface area (TPSA) is 3.24 Å². The Kier molecular flexibility index (Phi) is 5.04. The molecule has 0 atom stereocenters. The standard InChI is InChI=1S/C15H20F3N/c1-11(2)19(12(3)4)14(15(16,17)18)10-13-8-6-5-7-9-13/h5-12H,1-4H3/b14-10-. The van der Waals surface area contributed by atoms with Crippen molar-refractivity contribution in [2.75, 3.05) is 0 Å². The van der Waals surface area contributed by atoms with Crippen molar-refractivity contribution in [1.82, 2.24) is 4.90 Å². The summed E-state index contributed by atoms with van der Waals surface area (Å²) in [5.41, 5.74) is -0.0372. The smallest absolute Gasteiger partial charge is 0.363 e. The molecule has 0 saturated carbocycles. The summed E-state index contributed by atoms with van der Waals surface area (Å²) >= 11 is 0. The SMILES string of the molecule is CC(C)N(/C(=C\c1ccccc1)C(F)(F)F)C(C)C. The van der Waals surface area contributed by atoms with E-state index in [1.807, 2.05) is 0 Å². The van der Waals surface area contributed by atoms with Crippen molar-refractivity contribution < 1.29 is 13.2 Å². The normalized spacial score (nSPS) is 13.2. The van der Waals surface area contributed by atoms with Gasteiger partial charge in [-0.1, -0.05) is 30.3 Å². The number of alkyl halides is 3. The monoisotopic (exact) mass is 271 g/mol. The Morgan fingerprint density at radius 2 is 1.47 bits per heavy atom. The van der Waals surface area contributed by atoms with Crippen molar-refractivity contribution in [3.8, 4) is 0 Å². The van der Waals surface area contributed by atoms with Crippen LogP contribution in [0.15, 0.2) is 36.0 Å². The fourth-order valence-electron chi connectivity index (χ4n) is 2.16. The number of benzene rings is 1. The number of hydrogen-bond donors (Lipinski definition) is 0. The molecule has 1 aromatic carbocycles. The van der Waals surface area contributed by atoms with Gasteiger partial charge in [0.25, 0.3) is 0 Å². The molecule has 0 N–H and O–H groups in total. The minimum Gasteiger partial charge on any atom is -0.363 e. The molecule has 0 saturated heterocycles. The molecule has 0 aliphatic rings. The molecule has 106 valence electrons. The van der Waals surface area contributed by atoms with Crippen molar-refractivity contribution in [3.63, 3.8) is 0 Å². The lowest BCUT2D eigenvalue weighted by Crippen LogP contribution is -2.41. The third kappa shape index (κ3) is 4.30. The van der Waals surface area contributed by atoms with Crippen LogP contribution < -0.4 is 0 Å². The Morgan fingerprint density at radius 3 is 1.84 bits per heavy atom. The van der Waals surface area contributed by atoms with E-state index in [0.717, 1.165) is 0 Å². The molecular weight excluding hydrogens is 251 g/mol. The Hall–Kier alpha value is -1.45. The Bertz CT molecular complexity index is 411. The molecule has 19 heavy (non-hydrogen) atoms. The van der Waals surface area contributed by atoms with E-state index in [1.54, 1.807) is 58.0 Å². The number of hydrogen-bond acceptors (Lipinski definition) is 1. The highest BCUT2D eigenvalue weighted by atomic mass is 19.4. The van der Waals surface area contributed by atoms with E-state index in [2.05, 4.69) is 0 Å². The van der Waals surface area contributed by atoms with E-state index in [4.69, 9.17) is 0 Å². The van der Waals surface area contributed by atoms with E-state index < -0.39 is 11.9 Å². The molecule has 0 radical (unpaired) electrons. The van der Waals surface area contributed by atoms with Gasteiger partial charge in [0.15, 0.2) is 0 Å². The summed E-state index contributed by atoms with van der Waals surface area (Å²) in [6.07, 6.45) is -3.15. The second kappa shape index (κ2) is 6.13. The molecule has 1 nitrogen and oxygen atoms in total. The highest BCUT2D eigenvalue weighted by Gasteiger charge is 2.39.